The second-order valence-corrected chi connectivity index (χ2v) is 7.73. The predicted molar refractivity (Wildman–Crippen MR) is 119 cm³/mol. The molecule has 1 amide bonds. The van der Waals surface area contributed by atoms with E-state index in [2.05, 4.69) is 19.8 Å². The summed E-state index contributed by atoms with van der Waals surface area (Å²) in [6, 6.07) is 12.9. The van der Waals surface area contributed by atoms with Crippen molar-refractivity contribution in [1.82, 2.24) is 14.9 Å². The summed E-state index contributed by atoms with van der Waals surface area (Å²) in [7, 11) is 1.22. The number of alkyl halides is 2. The molecule has 8 nitrogen and oxygen atoms in total. The summed E-state index contributed by atoms with van der Waals surface area (Å²) >= 11 is 1.03. The van der Waals surface area contributed by atoms with Crippen LogP contribution in [-0.2, 0) is 27.3 Å². The molecule has 0 aliphatic carbocycles. The molecule has 11 heteroatoms. The molecule has 174 valence electrons. The first-order valence-corrected chi connectivity index (χ1v) is 10.9. The lowest BCUT2D eigenvalue weighted by Crippen LogP contribution is -2.30. The van der Waals surface area contributed by atoms with Crippen molar-refractivity contribution in [1.29, 1.82) is 0 Å². The van der Waals surface area contributed by atoms with E-state index in [-0.39, 0.29) is 29.1 Å². The number of carbonyl (C=O) groups excluding carboxylic acids is 2. The fourth-order valence-electron chi connectivity index (χ4n) is 2.96. The molecule has 0 saturated heterocycles. The molecule has 0 radical (unpaired) electrons. The maximum atomic E-state index is 12.8. The van der Waals surface area contributed by atoms with E-state index in [1.165, 1.54) is 23.8 Å². The number of rotatable bonds is 10. The van der Waals surface area contributed by atoms with Crippen LogP contribution in [0.15, 0.2) is 58.5 Å². The number of esters is 1. The van der Waals surface area contributed by atoms with Crippen LogP contribution in [0.3, 0.4) is 0 Å². The molecule has 0 saturated carbocycles. The number of methoxy groups -OCH3 is 1. The number of amides is 1. The Bertz CT molecular complexity index is 1180. The van der Waals surface area contributed by atoms with E-state index in [0.717, 1.165) is 17.3 Å². The molecule has 0 atom stereocenters. The fraction of sp³-hybridized carbons (Fsp3) is 0.273. The topological polar surface area (TPSA) is 99.5 Å². The molecule has 1 heterocycles. The van der Waals surface area contributed by atoms with Crippen molar-refractivity contribution in [2.45, 2.75) is 24.7 Å². The van der Waals surface area contributed by atoms with E-state index >= 15 is 0 Å². The van der Waals surface area contributed by atoms with Gasteiger partial charge in [0.1, 0.15) is 12.3 Å². The predicted octanol–water partition coefficient (Wildman–Crippen LogP) is 2.62. The summed E-state index contributed by atoms with van der Waals surface area (Å²) < 4.78 is 34.5. The number of halogens is 2. The number of carbonyl (C=O) groups is 2. The minimum Gasteiger partial charge on any atom is -0.468 e. The summed E-state index contributed by atoms with van der Waals surface area (Å²) in [5, 5.41) is 3.35. The van der Waals surface area contributed by atoms with Crippen LogP contribution < -0.4 is 15.6 Å². The highest BCUT2D eigenvalue weighted by Gasteiger charge is 2.16. The Balaban J connectivity index is 1.60. The molecule has 0 bridgehead atoms. The molecule has 33 heavy (non-hydrogen) atoms. The highest BCUT2D eigenvalue weighted by atomic mass is 32.2. The van der Waals surface area contributed by atoms with Gasteiger partial charge < -0.3 is 14.8 Å². The Morgan fingerprint density at radius 1 is 1.15 bits per heavy atom. The number of fused-ring (bicyclic) bond motifs is 1. The third kappa shape index (κ3) is 6.75. The van der Waals surface area contributed by atoms with Gasteiger partial charge in [-0.15, -0.1) is 0 Å². The number of para-hydroxylation sites is 1. The Morgan fingerprint density at radius 3 is 2.58 bits per heavy atom. The standard InChI is InChI=1S/C22H21F2N3O5S/c1-31-19(29)12-27-20(30)16-4-2-3-5-17(16)26-22(27)33-13-18(28)25-11-10-14-6-8-15(9-7-14)32-21(23)24/h2-9,21H,10-13H2,1H3,(H,25,28). The molecule has 1 N–H and O–H groups in total. The summed E-state index contributed by atoms with van der Waals surface area (Å²) in [6.07, 6.45) is 0.493. The quantitative estimate of drug-likeness (QED) is 0.272. The lowest BCUT2D eigenvalue weighted by atomic mass is 10.1. The molecule has 0 aliphatic rings. The van der Waals surface area contributed by atoms with Gasteiger partial charge in [0.25, 0.3) is 5.56 Å². The number of benzene rings is 2. The smallest absolute Gasteiger partial charge is 0.387 e. The molecule has 0 unspecified atom stereocenters. The summed E-state index contributed by atoms with van der Waals surface area (Å²) in [4.78, 5) is 41.3. The minimum atomic E-state index is -2.88. The van der Waals surface area contributed by atoms with Crippen molar-refractivity contribution in [3.8, 4) is 5.75 Å². The number of nitrogens with zero attached hydrogens (tertiary/aromatic N) is 2. The average Bonchev–Trinajstić information content (AvgIpc) is 2.80. The van der Waals surface area contributed by atoms with Crippen LogP contribution in [0.25, 0.3) is 10.9 Å². The third-order valence-electron chi connectivity index (χ3n) is 4.56. The third-order valence-corrected chi connectivity index (χ3v) is 5.53. The molecule has 0 aliphatic heterocycles. The monoisotopic (exact) mass is 477 g/mol. The molecular weight excluding hydrogens is 456 g/mol. The van der Waals surface area contributed by atoms with Crippen LogP contribution in [0.2, 0.25) is 0 Å². The summed E-state index contributed by atoms with van der Waals surface area (Å²) in [5.74, 6) is -0.849. The average molecular weight is 477 g/mol. The largest absolute Gasteiger partial charge is 0.468 e. The van der Waals surface area contributed by atoms with Crippen LogP contribution in [-0.4, -0.2) is 47.4 Å². The maximum Gasteiger partial charge on any atom is 0.387 e. The van der Waals surface area contributed by atoms with Crippen molar-refractivity contribution in [2.75, 3.05) is 19.4 Å². The van der Waals surface area contributed by atoms with Crippen molar-refractivity contribution >= 4 is 34.5 Å². The van der Waals surface area contributed by atoms with Crippen molar-refractivity contribution < 1.29 is 27.8 Å². The van der Waals surface area contributed by atoms with Crippen LogP contribution in [0.1, 0.15) is 5.56 Å². The van der Waals surface area contributed by atoms with Crippen LogP contribution >= 0.6 is 11.8 Å². The van der Waals surface area contributed by atoms with Gasteiger partial charge in [0.2, 0.25) is 5.91 Å². The zero-order chi connectivity index (χ0) is 23.8. The number of ether oxygens (including phenoxy) is 2. The highest BCUT2D eigenvalue weighted by molar-refractivity contribution is 7.99. The molecule has 0 spiro atoms. The van der Waals surface area contributed by atoms with E-state index in [4.69, 9.17) is 0 Å². The lowest BCUT2D eigenvalue weighted by molar-refractivity contribution is -0.141. The van der Waals surface area contributed by atoms with Gasteiger partial charge in [0, 0.05) is 6.54 Å². The summed E-state index contributed by atoms with van der Waals surface area (Å²) in [5.41, 5.74) is 0.909. The highest BCUT2D eigenvalue weighted by Crippen LogP contribution is 2.18. The van der Waals surface area contributed by atoms with Crippen LogP contribution in [0.4, 0.5) is 8.78 Å². The minimum absolute atomic E-state index is 0.0207. The van der Waals surface area contributed by atoms with Gasteiger partial charge in [0.05, 0.1) is 23.8 Å². The molecule has 3 rings (SSSR count). The Kier molecular flexibility index (Phi) is 8.36. The molecule has 3 aromatic rings. The fourth-order valence-corrected chi connectivity index (χ4v) is 3.78. The first kappa shape index (κ1) is 24.2. The molecular formula is C22H21F2N3O5S. The van der Waals surface area contributed by atoms with E-state index in [1.807, 2.05) is 0 Å². The van der Waals surface area contributed by atoms with Gasteiger partial charge >= 0.3 is 12.6 Å². The van der Waals surface area contributed by atoms with Crippen LogP contribution in [0, 0.1) is 0 Å². The Hall–Kier alpha value is -3.47. The van der Waals surface area contributed by atoms with Gasteiger partial charge in [-0.1, -0.05) is 36.0 Å². The van der Waals surface area contributed by atoms with Crippen LogP contribution in [0.5, 0.6) is 5.75 Å². The first-order chi connectivity index (χ1) is 15.9. The SMILES string of the molecule is COC(=O)Cn1c(SCC(=O)NCCc2ccc(OC(F)F)cc2)nc2ccccc2c1=O. The zero-order valence-corrected chi connectivity index (χ0v) is 18.4. The van der Waals surface area contributed by atoms with Gasteiger partial charge in [-0.25, -0.2) is 4.98 Å². The van der Waals surface area contributed by atoms with Crippen molar-refractivity contribution in [2.24, 2.45) is 0 Å². The molecule has 0 fully saturated rings. The summed E-state index contributed by atoms with van der Waals surface area (Å²) in [6.45, 7) is -2.87. The van der Waals surface area contributed by atoms with E-state index in [9.17, 15) is 23.2 Å². The van der Waals surface area contributed by atoms with Crippen molar-refractivity contribution in [3.05, 3.63) is 64.4 Å². The van der Waals surface area contributed by atoms with Gasteiger partial charge in [-0.05, 0) is 36.2 Å². The molecule has 2 aromatic carbocycles. The normalized spacial score (nSPS) is 10.9. The van der Waals surface area contributed by atoms with Gasteiger partial charge in [-0.3, -0.25) is 19.0 Å². The number of aromatic nitrogens is 2. The van der Waals surface area contributed by atoms with E-state index in [1.54, 1.807) is 36.4 Å². The second-order valence-electron chi connectivity index (χ2n) is 6.79. The van der Waals surface area contributed by atoms with Gasteiger partial charge in [-0.2, -0.15) is 8.78 Å². The Morgan fingerprint density at radius 2 is 1.88 bits per heavy atom. The zero-order valence-electron chi connectivity index (χ0n) is 17.6. The number of nitrogens with one attached hydrogen (secondary N) is 1. The lowest BCUT2D eigenvalue weighted by Gasteiger charge is -2.12. The van der Waals surface area contributed by atoms with E-state index < -0.39 is 18.1 Å². The number of thioether (sulfide) groups is 1. The number of hydrogen-bond acceptors (Lipinski definition) is 7. The van der Waals surface area contributed by atoms with E-state index in [0.29, 0.717) is 23.9 Å². The second kappa shape index (κ2) is 11.4. The Labute approximate surface area is 191 Å². The van der Waals surface area contributed by atoms with Gasteiger partial charge in [0.15, 0.2) is 5.16 Å². The number of hydrogen-bond donors (Lipinski definition) is 1. The van der Waals surface area contributed by atoms with Crippen molar-refractivity contribution in [3.63, 3.8) is 0 Å². The molecule has 1 aromatic heterocycles. The maximum absolute atomic E-state index is 12.8. The first-order valence-electron chi connectivity index (χ1n) is 9.87.